The van der Waals surface area contributed by atoms with Crippen molar-refractivity contribution >= 4 is 23.2 Å². The van der Waals surface area contributed by atoms with Crippen LogP contribution in [0.25, 0.3) is 11.0 Å². The van der Waals surface area contributed by atoms with Gasteiger partial charge in [0.15, 0.2) is 17.6 Å². The van der Waals surface area contributed by atoms with Crippen LogP contribution in [0.4, 0.5) is 0 Å². The number of carbonyl (C=O) groups is 2. The molecule has 1 aromatic heterocycles. The van der Waals surface area contributed by atoms with E-state index in [2.05, 4.69) is 0 Å². The van der Waals surface area contributed by atoms with E-state index in [4.69, 9.17) is 13.9 Å². The van der Waals surface area contributed by atoms with E-state index in [-0.39, 0.29) is 22.6 Å². The highest BCUT2D eigenvalue weighted by Gasteiger charge is 2.16. The lowest BCUT2D eigenvalue weighted by atomic mass is 10.1. The third kappa shape index (κ3) is 2.33. The number of fused-ring (bicyclic) bond motifs is 1. The molecule has 6 nitrogen and oxygen atoms in total. The van der Waals surface area contributed by atoms with Gasteiger partial charge in [0.05, 0.1) is 7.11 Å². The molecule has 6 heteroatoms. The second-order valence-electron chi connectivity index (χ2n) is 3.72. The van der Waals surface area contributed by atoms with E-state index in [1.807, 2.05) is 0 Å². The Labute approximate surface area is 107 Å². The predicted molar refractivity (Wildman–Crippen MR) is 65.7 cm³/mol. The van der Waals surface area contributed by atoms with E-state index in [1.54, 1.807) is 12.1 Å². The highest BCUT2D eigenvalue weighted by molar-refractivity contribution is 5.90. The number of aldehydes is 1. The summed E-state index contributed by atoms with van der Waals surface area (Å²) < 4.78 is 15.0. The van der Waals surface area contributed by atoms with Crippen molar-refractivity contribution in [3.63, 3.8) is 0 Å². The minimum atomic E-state index is -0.802. The van der Waals surface area contributed by atoms with Crippen molar-refractivity contribution in [2.45, 2.75) is 6.92 Å². The van der Waals surface area contributed by atoms with Crippen LogP contribution in [0.5, 0.6) is 11.5 Å². The molecule has 0 radical (unpaired) electrons. The van der Waals surface area contributed by atoms with Gasteiger partial charge >= 0.3 is 11.6 Å². The standard InChI is InChI=1S/C13H10O6/c1-7(15)18-12-10(17-2)4-3-8-5-9(6-14)13(16)19-11(8)12/h3-6H,1-2H3. The Kier molecular flexibility index (Phi) is 3.33. The summed E-state index contributed by atoms with van der Waals surface area (Å²) >= 11 is 0. The molecule has 19 heavy (non-hydrogen) atoms. The Morgan fingerprint density at radius 2 is 2.11 bits per heavy atom. The summed E-state index contributed by atoms with van der Waals surface area (Å²) in [4.78, 5) is 33.3. The first kappa shape index (κ1) is 12.8. The first-order valence-corrected chi connectivity index (χ1v) is 5.35. The maximum absolute atomic E-state index is 11.5. The lowest BCUT2D eigenvalue weighted by molar-refractivity contribution is -0.131. The predicted octanol–water partition coefficient (Wildman–Crippen LogP) is 1.54. The van der Waals surface area contributed by atoms with Crippen LogP contribution in [0.15, 0.2) is 27.4 Å². The third-order valence-corrected chi connectivity index (χ3v) is 2.44. The van der Waals surface area contributed by atoms with E-state index in [1.165, 1.54) is 20.1 Å². The normalized spacial score (nSPS) is 10.2. The molecule has 0 saturated heterocycles. The van der Waals surface area contributed by atoms with Gasteiger partial charge in [0, 0.05) is 12.3 Å². The van der Waals surface area contributed by atoms with Crippen molar-refractivity contribution in [1.82, 2.24) is 0 Å². The number of rotatable bonds is 3. The zero-order chi connectivity index (χ0) is 14.0. The molecular formula is C13H10O6. The lowest BCUT2D eigenvalue weighted by Gasteiger charge is -2.09. The van der Waals surface area contributed by atoms with Crippen molar-refractivity contribution in [2.24, 2.45) is 0 Å². The zero-order valence-corrected chi connectivity index (χ0v) is 10.3. The minimum Gasteiger partial charge on any atom is -0.493 e. The summed E-state index contributed by atoms with van der Waals surface area (Å²) in [7, 11) is 1.39. The zero-order valence-electron chi connectivity index (χ0n) is 10.3. The topological polar surface area (TPSA) is 82.8 Å². The summed E-state index contributed by atoms with van der Waals surface area (Å²) in [5.74, 6) is -0.306. The Morgan fingerprint density at radius 3 is 2.68 bits per heavy atom. The Hall–Kier alpha value is -2.63. The van der Waals surface area contributed by atoms with Crippen LogP contribution in [0.1, 0.15) is 17.3 Å². The quantitative estimate of drug-likeness (QED) is 0.361. The van der Waals surface area contributed by atoms with Gasteiger partial charge in [0.25, 0.3) is 0 Å². The fourth-order valence-corrected chi connectivity index (χ4v) is 1.64. The lowest BCUT2D eigenvalue weighted by Crippen LogP contribution is -2.08. The van der Waals surface area contributed by atoms with Crippen molar-refractivity contribution in [1.29, 1.82) is 0 Å². The summed E-state index contributed by atoms with van der Waals surface area (Å²) in [5.41, 5.74) is -0.847. The summed E-state index contributed by atoms with van der Waals surface area (Å²) in [6.07, 6.45) is 0.404. The molecule has 0 saturated carbocycles. The molecule has 0 fully saturated rings. The molecule has 0 aliphatic carbocycles. The largest absolute Gasteiger partial charge is 0.493 e. The number of ether oxygens (including phenoxy) is 2. The first-order valence-electron chi connectivity index (χ1n) is 5.35. The number of methoxy groups -OCH3 is 1. The number of carbonyl (C=O) groups excluding carboxylic acids is 2. The van der Waals surface area contributed by atoms with Gasteiger partial charge in [-0.3, -0.25) is 9.59 Å². The van der Waals surface area contributed by atoms with Crippen LogP contribution in [-0.4, -0.2) is 19.4 Å². The van der Waals surface area contributed by atoms with Gasteiger partial charge in [0.2, 0.25) is 5.75 Å². The number of esters is 1. The van der Waals surface area contributed by atoms with Gasteiger partial charge in [-0.05, 0) is 18.2 Å². The molecule has 0 N–H and O–H groups in total. The summed E-state index contributed by atoms with van der Waals surface area (Å²) in [6.45, 7) is 1.22. The molecule has 0 spiro atoms. The van der Waals surface area contributed by atoms with Gasteiger partial charge in [-0.15, -0.1) is 0 Å². The fraction of sp³-hybridized carbons (Fsp3) is 0.154. The van der Waals surface area contributed by atoms with E-state index < -0.39 is 11.6 Å². The summed E-state index contributed by atoms with van der Waals surface area (Å²) in [6, 6.07) is 4.51. The maximum Gasteiger partial charge on any atom is 0.347 e. The molecular weight excluding hydrogens is 252 g/mol. The average molecular weight is 262 g/mol. The van der Waals surface area contributed by atoms with Gasteiger partial charge in [-0.25, -0.2) is 4.79 Å². The number of hydrogen-bond donors (Lipinski definition) is 0. The average Bonchev–Trinajstić information content (AvgIpc) is 2.38. The van der Waals surface area contributed by atoms with Crippen LogP contribution in [0.2, 0.25) is 0 Å². The second kappa shape index (κ2) is 4.93. The molecule has 2 aromatic rings. The van der Waals surface area contributed by atoms with Crippen LogP contribution in [0.3, 0.4) is 0 Å². The molecule has 0 atom stereocenters. The van der Waals surface area contributed by atoms with Gasteiger partial charge < -0.3 is 13.9 Å². The molecule has 1 heterocycles. The SMILES string of the molecule is COc1ccc2cc(C=O)c(=O)oc2c1OC(C)=O. The van der Waals surface area contributed by atoms with E-state index >= 15 is 0 Å². The highest BCUT2D eigenvalue weighted by atomic mass is 16.6. The Bertz CT molecular complexity index is 713. The van der Waals surface area contributed by atoms with Crippen molar-refractivity contribution in [2.75, 3.05) is 7.11 Å². The summed E-state index contributed by atoms with van der Waals surface area (Å²) in [5, 5.41) is 0.457. The van der Waals surface area contributed by atoms with Crippen LogP contribution in [-0.2, 0) is 4.79 Å². The van der Waals surface area contributed by atoms with Gasteiger partial charge in [-0.2, -0.15) is 0 Å². The number of hydrogen-bond acceptors (Lipinski definition) is 6. The van der Waals surface area contributed by atoms with E-state index in [0.717, 1.165) is 0 Å². The minimum absolute atomic E-state index is 0.0158. The second-order valence-corrected chi connectivity index (χ2v) is 3.72. The molecule has 98 valence electrons. The molecule has 0 aliphatic heterocycles. The van der Waals surface area contributed by atoms with Crippen molar-refractivity contribution in [3.05, 3.63) is 34.2 Å². The molecule has 0 aliphatic rings. The molecule has 0 bridgehead atoms. The van der Waals surface area contributed by atoms with Crippen LogP contribution >= 0.6 is 0 Å². The molecule has 0 unspecified atom stereocenters. The monoisotopic (exact) mass is 262 g/mol. The third-order valence-electron chi connectivity index (χ3n) is 2.44. The fourth-order valence-electron chi connectivity index (χ4n) is 1.64. The van der Waals surface area contributed by atoms with Gasteiger partial charge in [0.1, 0.15) is 5.56 Å². The Balaban J connectivity index is 2.80. The molecule has 2 rings (SSSR count). The molecule has 0 amide bonds. The van der Waals surface area contributed by atoms with E-state index in [9.17, 15) is 14.4 Å². The Morgan fingerprint density at radius 1 is 1.37 bits per heavy atom. The molecule has 1 aromatic carbocycles. The number of benzene rings is 1. The first-order chi connectivity index (χ1) is 9.06. The van der Waals surface area contributed by atoms with Crippen molar-refractivity contribution in [3.8, 4) is 11.5 Å². The maximum atomic E-state index is 11.5. The van der Waals surface area contributed by atoms with Crippen LogP contribution in [0, 0.1) is 0 Å². The highest BCUT2D eigenvalue weighted by Crippen LogP contribution is 2.35. The smallest absolute Gasteiger partial charge is 0.347 e. The van der Waals surface area contributed by atoms with Gasteiger partial charge in [-0.1, -0.05) is 0 Å². The van der Waals surface area contributed by atoms with Crippen LogP contribution < -0.4 is 15.1 Å². The van der Waals surface area contributed by atoms with Crippen molar-refractivity contribution < 1.29 is 23.5 Å². The van der Waals surface area contributed by atoms with E-state index in [0.29, 0.717) is 11.7 Å².